The number of hydrogen-bond acceptors (Lipinski definition) is 4. The number of aryl methyl sites for hydroxylation is 2. The van der Waals surface area contributed by atoms with Gasteiger partial charge in [0.15, 0.2) is 0 Å². The maximum atomic E-state index is 12.0. The highest BCUT2D eigenvalue weighted by Gasteiger charge is 2.16. The zero-order chi connectivity index (χ0) is 14.7. The first-order chi connectivity index (χ1) is 9.49. The van der Waals surface area contributed by atoms with Gasteiger partial charge in [-0.2, -0.15) is 0 Å². The Kier molecular flexibility index (Phi) is 3.84. The summed E-state index contributed by atoms with van der Waals surface area (Å²) in [6.45, 7) is 3.48. The number of carbonyl (C=O) groups is 2. The van der Waals surface area contributed by atoms with E-state index in [1.807, 2.05) is 0 Å². The first-order valence-corrected chi connectivity index (χ1v) is 6.03. The number of carboxylic acids is 1. The largest absolute Gasteiger partial charge is 0.478 e. The Balaban J connectivity index is 2.15. The van der Waals surface area contributed by atoms with Gasteiger partial charge in [-0.15, -0.1) is 0 Å². The zero-order valence-electron chi connectivity index (χ0n) is 11.1. The van der Waals surface area contributed by atoms with Crippen molar-refractivity contribution in [3.05, 3.63) is 46.8 Å². The molecule has 2 aromatic rings. The van der Waals surface area contributed by atoms with Crippen LogP contribution < -0.4 is 5.32 Å². The lowest BCUT2D eigenvalue weighted by molar-refractivity contribution is -0.115. The van der Waals surface area contributed by atoms with Gasteiger partial charge in [-0.25, -0.2) is 4.79 Å². The van der Waals surface area contributed by atoms with Gasteiger partial charge in [-0.3, -0.25) is 4.79 Å². The van der Waals surface area contributed by atoms with Crippen molar-refractivity contribution < 1.29 is 19.2 Å². The Hall–Kier alpha value is -2.63. The number of hydrogen-bond donors (Lipinski definition) is 2. The Morgan fingerprint density at radius 3 is 2.60 bits per heavy atom. The van der Waals surface area contributed by atoms with E-state index in [-0.39, 0.29) is 23.6 Å². The second-order valence-electron chi connectivity index (χ2n) is 4.38. The fourth-order valence-electron chi connectivity index (χ4n) is 1.89. The second kappa shape index (κ2) is 5.56. The van der Waals surface area contributed by atoms with Crippen LogP contribution in [0.3, 0.4) is 0 Å². The number of anilines is 1. The minimum atomic E-state index is -1.08. The number of nitrogens with one attached hydrogen (secondary N) is 1. The zero-order valence-corrected chi connectivity index (χ0v) is 11.1. The number of amides is 1. The van der Waals surface area contributed by atoms with E-state index in [9.17, 15) is 9.59 Å². The molecule has 0 saturated heterocycles. The molecular formula is C14H14N2O4. The van der Waals surface area contributed by atoms with E-state index in [4.69, 9.17) is 9.63 Å². The second-order valence-corrected chi connectivity index (χ2v) is 4.38. The molecule has 0 aliphatic carbocycles. The summed E-state index contributed by atoms with van der Waals surface area (Å²) in [5.41, 5.74) is 1.70. The van der Waals surface area contributed by atoms with E-state index in [2.05, 4.69) is 10.5 Å². The number of benzene rings is 1. The van der Waals surface area contributed by atoms with Crippen molar-refractivity contribution in [2.75, 3.05) is 5.32 Å². The summed E-state index contributed by atoms with van der Waals surface area (Å²) in [5, 5.41) is 15.4. The van der Waals surface area contributed by atoms with E-state index in [1.54, 1.807) is 32.0 Å². The predicted octanol–water partition coefficient (Wildman–Crippen LogP) is 2.17. The summed E-state index contributed by atoms with van der Waals surface area (Å²) in [7, 11) is 0. The number of carboxylic acid groups (broad SMARTS) is 1. The van der Waals surface area contributed by atoms with Gasteiger partial charge in [0, 0.05) is 5.56 Å². The first kappa shape index (κ1) is 13.8. The molecule has 2 N–H and O–H groups in total. The number of rotatable bonds is 4. The Morgan fingerprint density at radius 2 is 2.00 bits per heavy atom. The molecule has 0 aliphatic heterocycles. The highest BCUT2D eigenvalue weighted by Crippen LogP contribution is 2.17. The average Bonchev–Trinajstić information content (AvgIpc) is 2.71. The van der Waals surface area contributed by atoms with E-state index >= 15 is 0 Å². The van der Waals surface area contributed by atoms with Gasteiger partial charge < -0.3 is 14.9 Å². The third kappa shape index (κ3) is 2.85. The molecule has 20 heavy (non-hydrogen) atoms. The molecular weight excluding hydrogens is 260 g/mol. The third-order valence-electron chi connectivity index (χ3n) is 2.95. The number of aromatic carboxylic acids is 1. The fourth-order valence-corrected chi connectivity index (χ4v) is 1.89. The Morgan fingerprint density at radius 1 is 1.30 bits per heavy atom. The molecule has 1 aromatic carbocycles. The van der Waals surface area contributed by atoms with Crippen LogP contribution in [-0.2, 0) is 11.2 Å². The fraction of sp³-hybridized carbons (Fsp3) is 0.214. The average molecular weight is 274 g/mol. The van der Waals surface area contributed by atoms with Crippen LogP contribution >= 0.6 is 0 Å². The van der Waals surface area contributed by atoms with Gasteiger partial charge in [-0.1, -0.05) is 17.3 Å². The van der Waals surface area contributed by atoms with Gasteiger partial charge >= 0.3 is 5.97 Å². The van der Waals surface area contributed by atoms with E-state index < -0.39 is 5.97 Å². The van der Waals surface area contributed by atoms with Crippen LogP contribution in [0, 0.1) is 13.8 Å². The maximum absolute atomic E-state index is 12.0. The van der Waals surface area contributed by atoms with Crippen LogP contribution in [0.25, 0.3) is 0 Å². The summed E-state index contributed by atoms with van der Waals surface area (Å²) in [5.74, 6) is -0.810. The molecule has 6 heteroatoms. The van der Waals surface area contributed by atoms with Gasteiger partial charge in [0.1, 0.15) is 5.76 Å². The van der Waals surface area contributed by atoms with Crippen LogP contribution in [0.2, 0.25) is 0 Å². The minimum absolute atomic E-state index is 0.0552. The molecule has 0 radical (unpaired) electrons. The molecule has 1 heterocycles. The summed E-state index contributed by atoms with van der Waals surface area (Å²) < 4.78 is 4.98. The molecule has 2 rings (SSSR count). The normalized spacial score (nSPS) is 10.3. The van der Waals surface area contributed by atoms with Crippen molar-refractivity contribution >= 4 is 17.6 Å². The monoisotopic (exact) mass is 274 g/mol. The lowest BCUT2D eigenvalue weighted by Crippen LogP contribution is -2.17. The van der Waals surface area contributed by atoms with Crippen molar-refractivity contribution in [3.63, 3.8) is 0 Å². The molecule has 104 valence electrons. The van der Waals surface area contributed by atoms with E-state index in [1.165, 1.54) is 6.07 Å². The molecule has 0 bridgehead atoms. The Labute approximate surface area is 115 Å². The quantitative estimate of drug-likeness (QED) is 0.891. The van der Waals surface area contributed by atoms with E-state index in [0.29, 0.717) is 11.5 Å². The van der Waals surface area contributed by atoms with Crippen molar-refractivity contribution in [2.45, 2.75) is 20.3 Å². The topological polar surface area (TPSA) is 92.4 Å². The number of nitrogens with zero attached hydrogens (tertiary/aromatic N) is 1. The van der Waals surface area contributed by atoms with Gasteiger partial charge in [0.2, 0.25) is 5.91 Å². The number of carbonyl (C=O) groups excluding carboxylic acids is 1. The molecule has 0 spiro atoms. The van der Waals surface area contributed by atoms with Crippen LogP contribution in [0.1, 0.15) is 27.4 Å². The van der Waals surface area contributed by atoms with Crippen molar-refractivity contribution in [1.29, 1.82) is 0 Å². The first-order valence-electron chi connectivity index (χ1n) is 6.03. The van der Waals surface area contributed by atoms with Crippen molar-refractivity contribution in [3.8, 4) is 0 Å². The standard InChI is InChI=1S/C14H14N2O4/c1-8-11(9(2)20-16-8)7-13(17)15-12-6-4-3-5-10(12)14(18)19/h3-6H,7H2,1-2H3,(H,15,17)(H,18,19). The number of aromatic nitrogens is 1. The van der Waals surface area contributed by atoms with Crippen molar-refractivity contribution in [2.24, 2.45) is 0 Å². The summed E-state index contributed by atoms with van der Waals surface area (Å²) in [4.78, 5) is 23.0. The highest BCUT2D eigenvalue weighted by molar-refractivity contribution is 6.01. The summed E-state index contributed by atoms with van der Waals surface area (Å²) >= 11 is 0. The molecule has 0 unspecified atom stereocenters. The molecule has 1 aromatic heterocycles. The lowest BCUT2D eigenvalue weighted by Gasteiger charge is -2.08. The molecule has 0 aliphatic rings. The van der Waals surface area contributed by atoms with Crippen LogP contribution in [0.15, 0.2) is 28.8 Å². The third-order valence-corrected chi connectivity index (χ3v) is 2.95. The molecule has 1 amide bonds. The SMILES string of the molecule is Cc1noc(C)c1CC(=O)Nc1ccccc1C(=O)O. The maximum Gasteiger partial charge on any atom is 0.337 e. The predicted molar refractivity (Wildman–Crippen MR) is 71.7 cm³/mol. The van der Waals surface area contributed by atoms with Crippen LogP contribution in [0.4, 0.5) is 5.69 Å². The highest BCUT2D eigenvalue weighted by atomic mass is 16.5. The Bertz CT molecular complexity index is 641. The minimum Gasteiger partial charge on any atom is -0.478 e. The van der Waals surface area contributed by atoms with Gasteiger partial charge in [-0.05, 0) is 26.0 Å². The van der Waals surface area contributed by atoms with E-state index in [0.717, 1.165) is 5.56 Å². The summed E-state index contributed by atoms with van der Waals surface area (Å²) in [6, 6.07) is 6.26. The number of para-hydroxylation sites is 1. The summed E-state index contributed by atoms with van der Waals surface area (Å²) in [6.07, 6.45) is 0.0924. The lowest BCUT2D eigenvalue weighted by atomic mass is 10.1. The van der Waals surface area contributed by atoms with Crippen LogP contribution in [0.5, 0.6) is 0 Å². The van der Waals surface area contributed by atoms with Gasteiger partial charge in [0.05, 0.1) is 23.4 Å². The molecule has 0 atom stereocenters. The molecule has 0 fully saturated rings. The van der Waals surface area contributed by atoms with Gasteiger partial charge in [0.25, 0.3) is 0 Å². The molecule has 6 nitrogen and oxygen atoms in total. The van der Waals surface area contributed by atoms with Crippen LogP contribution in [-0.4, -0.2) is 22.1 Å². The molecule has 0 saturated carbocycles. The smallest absolute Gasteiger partial charge is 0.337 e. The van der Waals surface area contributed by atoms with Crippen molar-refractivity contribution in [1.82, 2.24) is 5.16 Å².